The van der Waals surface area contributed by atoms with Gasteiger partial charge < -0.3 is 5.32 Å². The molecule has 0 aromatic carbocycles. The smallest absolute Gasteiger partial charge is 0.225 e. The van der Waals surface area contributed by atoms with E-state index >= 15 is 0 Å². The normalized spacial score (nSPS) is 14.6. The highest BCUT2D eigenvalue weighted by molar-refractivity contribution is 7.10. The largest absolute Gasteiger partial charge is 0.350 e. The SMILES string of the molecule is O=C(Cc1cccs1)NCc1cc(-c2ccncc2)n(C2CCCC2)n1. The first kappa shape index (κ1) is 17.0. The van der Waals surface area contributed by atoms with Crippen molar-refractivity contribution in [2.75, 3.05) is 0 Å². The van der Waals surface area contributed by atoms with Gasteiger partial charge in [0.25, 0.3) is 0 Å². The quantitative estimate of drug-likeness (QED) is 0.718. The number of pyridine rings is 1. The highest BCUT2D eigenvalue weighted by Gasteiger charge is 2.22. The van der Waals surface area contributed by atoms with E-state index in [9.17, 15) is 4.79 Å². The Morgan fingerprint density at radius 2 is 2.04 bits per heavy atom. The first-order valence-corrected chi connectivity index (χ1v) is 9.95. The summed E-state index contributed by atoms with van der Waals surface area (Å²) in [5.74, 6) is 0.0355. The van der Waals surface area contributed by atoms with E-state index in [1.165, 1.54) is 25.7 Å². The second-order valence-electron chi connectivity index (χ2n) is 6.67. The maximum Gasteiger partial charge on any atom is 0.225 e. The van der Waals surface area contributed by atoms with Crippen molar-refractivity contribution in [3.63, 3.8) is 0 Å². The second kappa shape index (κ2) is 7.83. The molecule has 0 saturated heterocycles. The van der Waals surface area contributed by atoms with E-state index in [1.807, 2.05) is 42.0 Å². The van der Waals surface area contributed by atoms with E-state index in [0.29, 0.717) is 19.0 Å². The van der Waals surface area contributed by atoms with Crippen molar-refractivity contribution in [2.45, 2.75) is 44.7 Å². The number of nitrogens with one attached hydrogen (secondary N) is 1. The maximum absolute atomic E-state index is 12.2. The van der Waals surface area contributed by atoms with E-state index < -0.39 is 0 Å². The highest BCUT2D eigenvalue weighted by Crippen LogP contribution is 2.33. The molecule has 1 saturated carbocycles. The van der Waals surface area contributed by atoms with E-state index in [-0.39, 0.29) is 5.91 Å². The third-order valence-corrected chi connectivity index (χ3v) is 5.69. The molecule has 0 radical (unpaired) electrons. The average molecular weight is 366 g/mol. The summed E-state index contributed by atoms with van der Waals surface area (Å²) in [5.41, 5.74) is 3.14. The zero-order chi connectivity index (χ0) is 17.8. The van der Waals surface area contributed by atoms with Crippen LogP contribution in [0, 0.1) is 0 Å². The molecule has 4 rings (SSSR count). The number of hydrogen-bond acceptors (Lipinski definition) is 4. The molecule has 5 nitrogen and oxygen atoms in total. The van der Waals surface area contributed by atoms with Gasteiger partial charge in [-0.1, -0.05) is 18.9 Å². The van der Waals surface area contributed by atoms with Crippen molar-refractivity contribution in [3.05, 3.63) is 58.7 Å². The number of aromatic nitrogens is 3. The molecular formula is C20H22N4OS. The Bertz CT molecular complexity index is 851. The molecule has 3 heterocycles. The van der Waals surface area contributed by atoms with Gasteiger partial charge in [-0.15, -0.1) is 11.3 Å². The lowest BCUT2D eigenvalue weighted by molar-refractivity contribution is -0.120. The fourth-order valence-corrected chi connectivity index (χ4v) is 4.22. The Morgan fingerprint density at radius 1 is 1.23 bits per heavy atom. The number of hydrogen-bond donors (Lipinski definition) is 1. The van der Waals surface area contributed by atoms with Gasteiger partial charge in [0.05, 0.1) is 30.4 Å². The first-order valence-electron chi connectivity index (χ1n) is 9.07. The number of rotatable bonds is 6. The second-order valence-corrected chi connectivity index (χ2v) is 7.70. The van der Waals surface area contributed by atoms with Crippen LogP contribution in [-0.2, 0) is 17.8 Å². The third kappa shape index (κ3) is 3.85. The summed E-state index contributed by atoms with van der Waals surface area (Å²) in [7, 11) is 0. The van der Waals surface area contributed by atoms with E-state index in [4.69, 9.17) is 5.10 Å². The van der Waals surface area contributed by atoms with Crippen molar-refractivity contribution >= 4 is 17.2 Å². The molecule has 134 valence electrons. The first-order chi connectivity index (χ1) is 12.8. The fourth-order valence-electron chi connectivity index (χ4n) is 3.52. The third-order valence-electron chi connectivity index (χ3n) is 4.81. The molecule has 0 spiro atoms. The van der Waals surface area contributed by atoms with Crippen LogP contribution in [0.3, 0.4) is 0 Å². The molecule has 3 aromatic heterocycles. The summed E-state index contributed by atoms with van der Waals surface area (Å²) in [6.07, 6.45) is 8.90. The van der Waals surface area contributed by atoms with Crippen molar-refractivity contribution < 1.29 is 4.79 Å². The number of nitrogens with zero attached hydrogens (tertiary/aromatic N) is 3. The summed E-state index contributed by atoms with van der Waals surface area (Å²) in [4.78, 5) is 17.3. The standard InChI is InChI=1S/C20H22N4OS/c25-20(13-18-6-3-11-26-18)22-14-16-12-19(15-7-9-21-10-8-15)24(23-16)17-4-1-2-5-17/h3,6-12,17H,1-2,4-5,13-14H2,(H,22,25). The lowest BCUT2D eigenvalue weighted by Crippen LogP contribution is -2.24. The lowest BCUT2D eigenvalue weighted by Gasteiger charge is -2.14. The summed E-state index contributed by atoms with van der Waals surface area (Å²) >= 11 is 1.61. The molecule has 0 atom stereocenters. The van der Waals surface area contributed by atoms with Gasteiger partial charge in [0.1, 0.15) is 0 Å². The number of amides is 1. The molecule has 1 aliphatic rings. The molecule has 3 aromatic rings. The fraction of sp³-hybridized carbons (Fsp3) is 0.350. The Labute approximate surface area is 157 Å². The summed E-state index contributed by atoms with van der Waals surface area (Å²) in [5, 5.41) is 9.81. The van der Waals surface area contributed by atoms with Crippen LogP contribution in [0.25, 0.3) is 11.3 Å². The van der Waals surface area contributed by atoms with Gasteiger partial charge in [0.15, 0.2) is 0 Å². The lowest BCUT2D eigenvalue weighted by atomic mass is 10.1. The minimum absolute atomic E-state index is 0.0355. The van der Waals surface area contributed by atoms with Crippen LogP contribution in [0.5, 0.6) is 0 Å². The van der Waals surface area contributed by atoms with E-state index in [1.54, 1.807) is 11.3 Å². The van der Waals surface area contributed by atoms with Crippen LogP contribution in [-0.4, -0.2) is 20.7 Å². The van der Waals surface area contributed by atoms with Crippen LogP contribution in [0.1, 0.15) is 42.3 Å². The Kier molecular flexibility index (Phi) is 5.11. The van der Waals surface area contributed by atoms with Gasteiger partial charge in [-0.25, -0.2) is 0 Å². The maximum atomic E-state index is 12.2. The van der Waals surface area contributed by atoms with Crippen molar-refractivity contribution in [2.24, 2.45) is 0 Å². The minimum atomic E-state index is 0.0355. The van der Waals surface area contributed by atoms with E-state index in [2.05, 4.69) is 21.0 Å². The molecule has 6 heteroatoms. The van der Waals surface area contributed by atoms with Crippen LogP contribution in [0.15, 0.2) is 48.1 Å². The van der Waals surface area contributed by atoms with Gasteiger partial charge >= 0.3 is 0 Å². The molecule has 1 N–H and O–H groups in total. The van der Waals surface area contributed by atoms with Crippen molar-refractivity contribution in [1.82, 2.24) is 20.1 Å². The molecule has 0 unspecified atom stereocenters. The van der Waals surface area contributed by atoms with Gasteiger partial charge in [-0.05, 0) is 42.5 Å². The molecular weight excluding hydrogens is 344 g/mol. The Morgan fingerprint density at radius 3 is 2.77 bits per heavy atom. The monoisotopic (exact) mass is 366 g/mol. The zero-order valence-electron chi connectivity index (χ0n) is 14.6. The molecule has 1 amide bonds. The van der Waals surface area contributed by atoms with Crippen molar-refractivity contribution in [1.29, 1.82) is 0 Å². The highest BCUT2D eigenvalue weighted by atomic mass is 32.1. The number of thiophene rings is 1. The van der Waals surface area contributed by atoms with Crippen LogP contribution < -0.4 is 5.32 Å². The average Bonchev–Trinajstić information content (AvgIpc) is 3.41. The molecule has 1 aliphatic carbocycles. The minimum Gasteiger partial charge on any atom is -0.350 e. The molecule has 26 heavy (non-hydrogen) atoms. The molecule has 0 bridgehead atoms. The number of carbonyl (C=O) groups is 1. The topological polar surface area (TPSA) is 59.8 Å². The summed E-state index contributed by atoms with van der Waals surface area (Å²) < 4.78 is 2.16. The van der Waals surface area contributed by atoms with Gasteiger partial charge in [-0.3, -0.25) is 14.5 Å². The van der Waals surface area contributed by atoms with Crippen LogP contribution in [0.2, 0.25) is 0 Å². The van der Waals surface area contributed by atoms with Gasteiger partial charge in [0, 0.05) is 22.8 Å². The van der Waals surface area contributed by atoms with Crippen LogP contribution >= 0.6 is 11.3 Å². The predicted molar refractivity (Wildman–Crippen MR) is 103 cm³/mol. The Hall–Kier alpha value is -2.47. The zero-order valence-corrected chi connectivity index (χ0v) is 15.4. The van der Waals surface area contributed by atoms with Gasteiger partial charge in [-0.2, -0.15) is 5.10 Å². The summed E-state index contributed by atoms with van der Waals surface area (Å²) in [6, 6.07) is 10.5. The molecule has 1 fully saturated rings. The predicted octanol–water partition coefficient (Wildman–Crippen LogP) is 3.98. The summed E-state index contributed by atoms with van der Waals surface area (Å²) in [6.45, 7) is 0.460. The Balaban J connectivity index is 1.50. The molecule has 0 aliphatic heterocycles. The van der Waals surface area contributed by atoms with E-state index in [0.717, 1.165) is 21.8 Å². The van der Waals surface area contributed by atoms with Crippen molar-refractivity contribution in [3.8, 4) is 11.3 Å². The number of carbonyl (C=O) groups excluding carboxylic acids is 1. The van der Waals surface area contributed by atoms with Gasteiger partial charge in [0.2, 0.25) is 5.91 Å². The van der Waals surface area contributed by atoms with Crippen LogP contribution in [0.4, 0.5) is 0 Å².